The first-order valence-corrected chi connectivity index (χ1v) is 14.9. The number of alkyl halides is 1. The largest absolute Gasteiger partial charge is 0.461 e. The molecule has 2 bridgehead atoms. The Morgan fingerprint density at radius 3 is 2.71 bits per heavy atom. The predicted octanol–water partition coefficient (Wildman–Crippen LogP) is 4.86. The van der Waals surface area contributed by atoms with Crippen molar-refractivity contribution in [3.05, 3.63) is 54.0 Å². The molecule has 1 N–H and O–H groups in total. The van der Waals surface area contributed by atoms with E-state index >= 15 is 4.39 Å². The number of piperazine rings is 1. The molecule has 0 amide bonds. The highest BCUT2D eigenvalue weighted by atomic mass is 19.1. The predicted molar refractivity (Wildman–Crippen MR) is 159 cm³/mol. The molecule has 4 atom stereocenters. The summed E-state index contributed by atoms with van der Waals surface area (Å²) in [5, 5.41) is 5.89. The Bertz CT molecular complexity index is 1740. The number of ether oxygens (including phenoxy) is 1. The number of benzene rings is 2. The Kier molecular flexibility index (Phi) is 6.06. The topological polar surface area (TPSA) is 66.4 Å². The van der Waals surface area contributed by atoms with Crippen LogP contribution < -0.4 is 15.0 Å². The van der Waals surface area contributed by atoms with E-state index in [1.54, 1.807) is 6.20 Å². The van der Waals surface area contributed by atoms with Gasteiger partial charge in [0.2, 0.25) is 0 Å². The number of nitrogens with zero attached hydrogens (tertiary/aromatic N) is 5. The van der Waals surface area contributed by atoms with Crippen LogP contribution in [0.25, 0.3) is 32.9 Å². The highest BCUT2D eigenvalue weighted by molar-refractivity contribution is 6.02. The lowest BCUT2D eigenvalue weighted by molar-refractivity contribution is 0.107. The first kappa shape index (κ1) is 25.8. The molecule has 9 heteroatoms. The number of fused-ring (bicyclic) bond motifs is 5. The molecule has 8 rings (SSSR count). The molecule has 4 fully saturated rings. The molecular formula is C33H32F2N6O. The van der Waals surface area contributed by atoms with Crippen molar-refractivity contribution in [3.8, 4) is 29.6 Å². The van der Waals surface area contributed by atoms with Gasteiger partial charge in [-0.1, -0.05) is 36.3 Å². The van der Waals surface area contributed by atoms with E-state index in [0.717, 1.165) is 56.1 Å². The van der Waals surface area contributed by atoms with E-state index in [4.69, 9.17) is 16.1 Å². The van der Waals surface area contributed by atoms with Gasteiger partial charge in [0.15, 0.2) is 5.82 Å². The monoisotopic (exact) mass is 566 g/mol. The molecule has 6 heterocycles. The van der Waals surface area contributed by atoms with E-state index in [-0.39, 0.29) is 29.4 Å². The van der Waals surface area contributed by atoms with Gasteiger partial charge in [0.1, 0.15) is 29.8 Å². The molecule has 42 heavy (non-hydrogen) atoms. The molecule has 214 valence electrons. The maximum Gasteiger partial charge on any atom is 0.319 e. The molecule has 2 unspecified atom stereocenters. The van der Waals surface area contributed by atoms with Crippen LogP contribution in [0.2, 0.25) is 0 Å². The van der Waals surface area contributed by atoms with Crippen molar-refractivity contribution in [1.29, 1.82) is 0 Å². The third-order valence-electron chi connectivity index (χ3n) is 9.71. The molecule has 4 saturated heterocycles. The van der Waals surface area contributed by atoms with Gasteiger partial charge in [0, 0.05) is 60.8 Å². The second kappa shape index (κ2) is 9.85. The summed E-state index contributed by atoms with van der Waals surface area (Å²) in [6.07, 6.45) is 11.2. The molecule has 0 aliphatic carbocycles. The molecule has 7 nitrogen and oxygen atoms in total. The van der Waals surface area contributed by atoms with Crippen molar-refractivity contribution in [3.63, 3.8) is 0 Å². The molecule has 0 radical (unpaired) electrons. The van der Waals surface area contributed by atoms with Crippen LogP contribution in [-0.4, -0.2) is 76.4 Å². The summed E-state index contributed by atoms with van der Waals surface area (Å²) in [5.41, 5.74) is 1.28. The van der Waals surface area contributed by atoms with Crippen LogP contribution in [0.4, 0.5) is 14.6 Å². The third-order valence-corrected chi connectivity index (χ3v) is 9.71. The minimum Gasteiger partial charge on any atom is -0.461 e. The highest BCUT2D eigenvalue weighted by Crippen LogP contribution is 2.41. The van der Waals surface area contributed by atoms with Crippen LogP contribution in [0.3, 0.4) is 0 Å². The van der Waals surface area contributed by atoms with Crippen molar-refractivity contribution in [2.24, 2.45) is 0 Å². The van der Waals surface area contributed by atoms with Gasteiger partial charge in [0.05, 0.1) is 10.9 Å². The maximum absolute atomic E-state index is 16.7. The van der Waals surface area contributed by atoms with E-state index in [0.29, 0.717) is 47.4 Å². The standard InChI is InChI=1S/C33H32F2N6O/c1-2-20-6-3-7-21-8-4-9-25(27(20)21)29-28(35)30-26(15-36-29)31(40-17-23-10-11-24(18-40)37-23)39-32(38-30)42-19-33-12-5-13-41(33)16-22(34)14-33/h1,3-4,6-9,15,22-24,37H,5,10-14,16-19H2/t22-,23?,24?,33+/m0/s1. The van der Waals surface area contributed by atoms with Gasteiger partial charge in [-0.15, -0.1) is 6.42 Å². The molecule has 0 spiro atoms. The summed E-state index contributed by atoms with van der Waals surface area (Å²) in [5.74, 6) is 2.83. The SMILES string of the molecule is C#Cc1cccc2cccc(-c3ncc4c(N5CC6CCC(C5)N6)nc(OC[C@]56CCCN5C[C@@H](F)C6)nc4c3F)c12. The Hall–Kier alpha value is -3.87. The molecular weight excluding hydrogens is 534 g/mol. The van der Waals surface area contributed by atoms with Crippen molar-refractivity contribution < 1.29 is 13.5 Å². The summed E-state index contributed by atoms with van der Waals surface area (Å²) in [4.78, 5) is 18.5. The lowest BCUT2D eigenvalue weighted by atomic mass is 9.95. The second-order valence-electron chi connectivity index (χ2n) is 12.3. The third kappa shape index (κ3) is 4.11. The molecule has 4 aliphatic rings. The zero-order valence-corrected chi connectivity index (χ0v) is 23.3. The molecule has 0 saturated carbocycles. The average molecular weight is 567 g/mol. The van der Waals surface area contributed by atoms with Crippen LogP contribution in [0.15, 0.2) is 42.6 Å². The first-order chi connectivity index (χ1) is 20.5. The summed E-state index contributed by atoms with van der Waals surface area (Å²) >= 11 is 0. The van der Waals surface area contributed by atoms with E-state index in [1.807, 2.05) is 36.4 Å². The summed E-state index contributed by atoms with van der Waals surface area (Å²) < 4.78 is 37.4. The zero-order valence-electron chi connectivity index (χ0n) is 23.3. The fourth-order valence-corrected chi connectivity index (χ4v) is 7.79. The van der Waals surface area contributed by atoms with Crippen molar-refractivity contribution >= 4 is 27.5 Å². The van der Waals surface area contributed by atoms with Crippen LogP contribution in [-0.2, 0) is 0 Å². The summed E-state index contributed by atoms with van der Waals surface area (Å²) in [6.45, 7) is 3.11. The van der Waals surface area contributed by atoms with Gasteiger partial charge in [0.25, 0.3) is 0 Å². The molecule has 4 aromatic rings. The van der Waals surface area contributed by atoms with Gasteiger partial charge in [-0.2, -0.15) is 9.97 Å². The van der Waals surface area contributed by atoms with Gasteiger partial charge < -0.3 is 15.0 Å². The Labute approximate surface area is 243 Å². The number of rotatable bonds is 5. The number of anilines is 1. The fourth-order valence-electron chi connectivity index (χ4n) is 7.79. The van der Waals surface area contributed by atoms with Crippen molar-refractivity contribution in [2.45, 2.75) is 55.9 Å². The average Bonchev–Trinajstić information content (AvgIpc) is 3.65. The summed E-state index contributed by atoms with van der Waals surface area (Å²) in [7, 11) is 0. The normalized spacial score (nSPS) is 27.1. The smallest absolute Gasteiger partial charge is 0.319 e. The van der Waals surface area contributed by atoms with E-state index in [1.165, 1.54) is 0 Å². The number of pyridine rings is 1. The second-order valence-corrected chi connectivity index (χ2v) is 12.3. The number of hydrogen-bond donors (Lipinski definition) is 1. The number of hydrogen-bond acceptors (Lipinski definition) is 7. The minimum absolute atomic E-state index is 0.116. The van der Waals surface area contributed by atoms with Crippen molar-refractivity contribution in [2.75, 3.05) is 37.7 Å². The number of halogens is 2. The van der Waals surface area contributed by atoms with Crippen molar-refractivity contribution in [1.82, 2.24) is 25.2 Å². The van der Waals surface area contributed by atoms with Crippen LogP contribution >= 0.6 is 0 Å². The van der Waals surface area contributed by atoms with Gasteiger partial charge in [-0.25, -0.2) is 8.78 Å². The van der Waals surface area contributed by atoms with E-state index < -0.39 is 12.0 Å². The lowest BCUT2D eigenvalue weighted by Gasteiger charge is -2.34. The van der Waals surface area contributed by atoms with Crippen LogP contribution in [0.5, 0.6) is 6.01 Å². The zero-order chi connectivity index (χ0) is 28.4. The quantitative estimate of drug-likeness (QED) is 0.346. The highest BCUT2D eigenvalue weighted by Gasteiger charge is 2.49. The first-order valence-electron chi connectivity index (χ1n) is 14.9. The maximum atomic E-state index is 16.7. The van der Waals surface area contributed by atoms with E-state index in [9.17, 15) is 4.39 Å². The minimum atomic E-state index is -0.863. The summed E-state index contributed by atoms with van der Waals surface area (Å²) in [6, 6.07) is 12.2. The lowest BCUT2D eigenvalue weighted by Crippen LogP contribution is -2.51. The fraction of sp³-hybridized carbons (Fsp3) is 0.424. The van der Waals surface area contributed by atoms with Gasteiger partial charge in [-0.3, -0.25) is 9.88 Å². The molecule has 2 aromatic heterocycles. The van der Waals surface area contributed by atoms with Gasteiger partial charge >= 0.3 is 6.01 Å². The number of terminal acetylenes is 1. The Morgan fingerprint density at radius 1 is 1.10 bits per heavy atom. The van der Waals surface area contributed by atoms with Gasteiger partial charge in [-0.05, 0) is 43.7 Å². The van der Waals surface area contributed by atoms with Crippen LogP contribution in [0, 0.1) is 18.2 Å². The molecule has 4 aliphatic heterocycles. The number of nitrogens with one attached hydrogen (secondary N) is 1. The number of aromatic nitrogens is 3. The molecule has 2 aromatic carbocycles. The Morgan fingerprint density at radius 2 is 1.90 bits per heavy atom. The van der Waals surface area contributed by atoms with Crippen LogP contribution in [0.1, 0.15) is 37.7 Å². The Balaban J connectivity index is 1.25. The van der Waals surface area contributed by atoms with E-state index in [2.05, 4.69) is 31.0 Å².